The summed E-state index contributed by atoms with van der Waals surface area (Å²) < 4.78 is 4.78. The van der Waals surface area contributed by atoms with Gasteiger partial charge in [-0.1, -0.05) is 13.8 Å². The summed E-state index contributed by atoms with van der Waals surface area (Å²) in [6, 6.07) is 0. The lowest BCUT2D eigenvalue weighted by Crippen LogP contribution is -2.06. The first-order valence-electron chi connectivity index (χ1n) is 3.25. The second-order valence-electron chi connectivity index (χ2n) is 2.37. The molecule has 3 heteroatoms. The molecule has 0 rings (SSSR count). The minimum absolute atomic E-state index is 0.171. The van der Waals surface area contributed by atoms with Crippen LogP contribution >= 0.6 is 0 Å². The van der Waals surface area contributed by atoms with E-state index in [1.54, 1.807) is 14.0 Å². The van der Waals surface area contributed by atoms with Crippen molar-refractivity contribution in [3.63, 3.8) is 0 Å². The molecule has 0 heterocycles. The molecule has 0 saturated carbocycles. The van der Waals surface area contributed by atoms with Crippen LogP contribution in [0.4, 0.5) is 0 Å². The number of amidine groups is 1. The molecule has 0 unspecified atom stereocenters. The van der Waals surface area contributed by atoms with Gasteiger partial charge in [-0.25, -0.2) is 4.99 Å². The Morgan fingerprint density at radius 3 is 2.30 bits per heavy atom. The van der Waals surface area contributed by atoms with Crippen LogP contribution in [0.2, 0.25) is 0 Å². The van der Waals surface area contributed by atoms with Crippen molar-refractivity contribution in [1.82, 2.24) is 0 Å². The van der Waals surface area contributed by atoms with Crippen molar-refractivity contribution in [3.05, 3.63) is 0 Å². The predicted octanol–water partition coefficient (Wildman–Crippen LogP) is 1.68. The highest BCUT2D eigenvalue weighted by atomic mass is 16.5. The summed E-state index contributed by atoms with van der Waals surface area (Å²) in [6.45, 7) is 5.58. The molecule has 0 aliphatic rings. The summed E-state index contributed by atoms with van der Waals surface area (Å²) in [5, 5.41) is 7.31. The van der Waals surface area contributed by atoms with Gasteiger partial charge in [0.25, 0.3) is 0 Å². The Balaban J connectivity index is 4.00. The highest BCUT2D eigenvalue weighted by molar-refractivity contribution is 5.92. The molecule has 0 aromatic rings. The van der Waals surface area contributed by atoms with Crippen molar-refractivity contribution < 1.29 is 4.74 Å². The van der Waals surface area contributed by atoms with Crippen LogP contribution in [-0.4, -0.2) is 18.8 Å². The Morgan fingerprint density at radius 2 is 2.00 bits per heavy atom. The zero-order chi connectivity index (χ0) is 8.15. The normalized spacial score (nSPS) is 11.9. The fraction of sp³-hybridized carbons (Fsp3) is 0.714. The highest BCUT2D eigenvalue weighted by Gasteiger charge is 1.99. The smallest absolute Gasteiger partial charge is 0.186 e. The Kier molecular flexibility index (Phi) is 3.69. The number of aliphatic imine (C=N–C) groups is 1. The molecule has 0 bridgehead atoms. The van der Waals surface area contributed by atoms with Crippen LogP contribution < -0.4 is 0 Å². The van der Waals surface area contributed by atoms with E-state index in [1.807, 2.05) is 13.8 Å². The average molecular weight is 142 g/mol. The molecular formula is C7H14N2O. The second kappa shape index (κ2) is 4.04. The molecule has 0 saturated heterocycles. The van der Waals surface area contributed by atoms with Crippen LogP contribution in [0.25, 0.3) is 0 Å². The zero-order valence-electron chi connectivity index (χ0n) is 6.93. The molecule has 0 aliphatic heterocycles. The quantitative estimate of drug-likeness (QED) is 0.439. The number of methoxy groups -OCH3 is 1. The van der Waals surface area contributed by atoms with Crippen molar-refractivity contribution in [1.29, 1.82) is 5.41 Å². The molecule has 0 amide bonds. The van der Waals surface area contributed by atoms with Crippen molar-refractivity contribution in [2.24, 2.45) is 10.9 Å². The monoisotopic (exact) mass is 142 g/mol. The van der Waals surface area contributed by atoms with Gasteiger partial charge in [0, 0.05) is 12.8 Å². The van der Waals surface area contributed by atoms with Gasteiger partial charge >= 0.3 is 0 Å². The number of nitrogens with zero attached hydrogens (tertiary/aromatic N) is 1. The summed E-state index contributed by atoms with van der Waals surface area (Å²) in [5.74, 6) is 1.07. The summed E-state index contributed by atoms with van der Waals surface area (Å²) in [4.78, 5) is 3.87. The SMILES string of the molecule is CO/C(C)=N\C(=N)C(C)C. The number of hydrogen-bond donors (Lipinski definition) is 1. The molecule has 0 atom stereocenters. The van der Waals surface area contributed by atoms with E-state index in [0.717, 1.165) is 0 Å². The van der Waals surface area contributed by atoms with E-state index in [-0.39, 0.29) is 5.92 Å². The third-order valence-electron chi connectivity index (χ3n) is 1.12. The number of ether oxygens (including phenoxy) is 1. The maximum atomic E-state index is 7.31. The van der Waals surface area contributed by atoms with Crippen LogP contribution in [0, 0.1) is 11.3 Å². The first-order valence-corrected chi connectivity index (χ1v) is 3.25. The maximum absolute atomic E-state index is 7.31. The van der Waals surface area contributed by atoms with Gasteiger partial charge in [-0.2, -0.15) is 0 Å². The first-order chi connectivity index (χ1) is 4.57. The Bertz CT molecular complexity index is 150. The lowest BCUT2D eigenvalue weighted by Gasteiger charge is -2.02. The van der Waals surface area contributed by atoms with Gasteiger partial charge in [-0.05, 0) is 0 Å². The van der Waals surface area contributed by atoms with E-state index in [9.17, 15) is 0 Å². The molecule has 0 aromatic heterocycles. The van der Waals surface area contributed by atoms with Gasteiger partial charge in [-0.15, -0.1) is 0 Å². The molecule has 58 valence electrons. The Hall–Kier alpha value is -0.860. The molecule has 1 N–H and O–H groups in total. The van der Waals surface area contributed by atoms with Crippen LogP contribution in [0.3, 0.4) is 0 Å². The standard InChI is InChI=1S/C7H14N2O/c1-5(2)7(8)9-6(3)10-4/h5,8H,1-4H3/b8-7?,9-6-. The zero-order valence-corrected chi connectivity index (χ0v) is 6.93. The molecule has 0 fully saturated rings. The first kappa shape index (κ1) is 9.14. The van der Waals surface area contributed by atoms with Crippen molar-refractivity contribution in [2.75, 3.05) is 7.11 Å². The van der Waals surface area contributed by atoms with Crippen molar-refractivity contribution >= 4 is 11.7 Å². The number of nitrogens with one attached hydrogen (secondary N) is 1. The maximum Gasteiger partial charge on any atom is 0.186 e. The van der Waals surface area contributed by atoms with Gasteiger partial charge in [0.1, 0.15) is 5.84 Å². The van der Waals surface area contributed by atoms with Crippen LogP contribution in [0.15, 0.2) is 4.99 Å². The third-order valence-corrected chi connectivity index (χ3v) is 1.12. The molecule has 0 aromatic carbocycles. The molecule has 3 nitrogen and oxygen atoms in total. The van der Waals surface area contributed by atoms with Crippen LogP contribution in [-0.2, 0) is 4.74 Å². The fourth-order valence-corrected chi connectivity index (χ4v) is 0.344. The lowest BCUT2D eigenvalue weighted by molar-refractivity contribution is 0.400. The lowest BCUT2D eigenvalue weighted by atomic mass is 10.2. The van der Waals surface area contributed by atoms with Gasteiger partial charge < -0.3 is 4.74 Å². The predicted molar refractivity (Wildman–Crippen MR) is 42.7 cm³/mol. The Morgan fingerprint density at radius 1 is 1.50 bits per heavy atom. The summed E-state index contributed by atoms with van der Waals surface area (Å²) >= 11 is 0. The molecule has 0 aliphatic carbocycles. The van der Waals surface area contributed by atoms with E-state index in [0.29, 0.717) is 11.7 Å². The van der Waals surface area contributed by atoms with Crippen LogP contribution in [0.5, 0.6) is 0 Å². The van der Waals surface area contributed by atoms with Gasteiger partial charge in [-0.3, -0.25) is 5.41 Å². The van der Waals surface area contributed by atoms with E-state index in [4.69, 9.17) is 10.1 Å². The molecule has 0 radical (unpaired) electrons. The van der Waals surface area contributed by atoms with Gasteiger partial charge in [0.05, 0.1) is 7.11 Å². The van der Waals surface area contributed by atoms with E-state index in [1.165, 1.54) is 0 Å². The number of hydrogen-bond acceptors (Lipinski definition) is 2. The average Bonchev–Trinajstić information content (AvgIpc) is 1.87. The van der Waals surface area contributed by atoms with Crippen LogP contribution in [0.1, 0.15) is 20.8 Å². The summed E-state index contributed by atoms with van der Waals surface area (Å²) in [7, 11) is 1.55. The minimum Gasteiger partial charge on any atom is -0.484 e. The summed E-state index contributed by atoms with van der Waals surface area (Å²) in [5.41, 5.74) is 0. The number of rotatable bonds is 1. The highest BCUT2D eigenvalue weighted by Crippen LogP contribution is 1.96. The van der Waals surface area contributed by atoms with E-state index < -0.39 is 0 Å². The van der Waals surface area contributed by atoms with Gasteiger partial charge in [0.2, 0.25) is 0 Å². The van der Waals surface area contributed by atoms with Crippen molar-refractivity contribution in [3.8, 4) is 0 Å². The van der Waals surface area contributed by atoms with E-state index in [2.05, 4.69) is 4.99 Å². The molecular weight excluding hydrogens is 128 g/mol. The fourth-order valence-electron chi connectivity index (χ4n) is 0.344. The minimum atomic E-state index is 0.171. The Labute approximate surface area is 61.6 Å². The summed E-state index contributed by atoms with van der Waals surface area (Å²) in [6.07, 6.45) is 0. The third kappa shape index (κ3) is 3.22. The molecule has 10 heavy (non-hydrogen) atoms. The van der Waals surface area contributed by atoms with Gasteiger partial charge in [0.15, 0.2) is 5.90 Å². The second-order valence-corrected chi connectivity index (χ2v) is 2.37. The molecule has 0 spiro atoms. The van der Waals surface area contributed by atoms with E-state index >= 15 is 0 Å². The van der Waals surface area contributed by atoms with Crippen molar-refractivity contribution in [2.45, 2.75) is 20.8 Å². The topological polar surface area (TPSA) is 45.4 Å². The largest absolute Gasteiger partial charge is 0.484 e.